The maximum Gasteiger partial charge on any atom is 0.257 e. The Hall–Kier alpha value is -1.62. The van der Waals surface area contributed by atoms with Crippen LogP contribution < -0.4 is 0 Å². The molecule has 1 aromatic carbocycles. The molecular weight excluding hydrogens is 247 g/mol. The van der Waals surface area contributed by atoms with E-state index in [2.05, 4.69) is 4.90 Å². The molecule has 0 radical (unpaired) electrons. The number of fused-ring (bicyclic) bond motifs is 1. The molecule has 1 unspecified atom stereocenters. The van der Waals surface area contributed by atoms with Crippen molar-refractivity contribution >= 4 is 5.91 Å². The number of hydrogen-bond acceptors (Lipinski definition) is 3. The molecule has 1 N–H and O–H groups in total. The van der Waals surface area contributed by atoms with E-state index in [9.17, 15) is 14.3 Å². The Balaban J connectivity index is 1.76. The average Bonchev–Trinajstić information content (AvgIpc) is 2.85. The van der Waals surface area contributed by atoms with Crippen molar-refractivity contribution in [2.75, 3.05) is 26.2 Å². The quantitative estimate of drug-likeness (QED) is 0.835. The minimum atomic E-state index is -0.533. The van der Waals surface area contributed by atoms with Crippen LogP contribution in [0.15, 0.2) is 18.2 Å². The minimum Gasteiger partial charge on any atom is -0.507 e. The van der Waals surface area contributed by atoms with Crippen molar-refractivity contribution in [1.29, 1.82) is 0 Å². The van der Waals surface area contributed by atoms with Gasteiger partial charge in [-0.3, -0.25) is 9.69 Å². The fourth-order valence-corrected chi connectivity index (χ4v) is 3.03. The van der Waals surface area contributed by atoms with Gasteiger partial charge in [-0.05, 0) is 31.5 Å². The highest BCUT2D eigenvalue weighted by Crippen LogP contribution is 2.25. The van der Waals surface area contributed by atoms with Gasteiger partial charge in [0.25, 0.3) is 5.91 Å². The molecule has 4 nitrogen and oxygen atoms in total. The Morgan fingerprint density at radius 2 is 2.16 bits per heavy atom. The van der Waals surface area contributed by atoms with Gasteiger partial charge in [0.05, 0.1) is 5.56 Å². The Morgan fingerprint density at radius 3 is 2.95 bits per heavy atom. The summed E-state index contributed by atoms with van der Waals surface area (Å²) >= 11 is 0. The van der Waals surface area contributed by atoms with Crippen molar-refractivity contribution in [3.8, 4) is 5.75 Å². The summed E-state index contributed by atoms with van der Waals surface area (Å²) in [6.07, 6.45) is 2.31. The maximum absolute atomic E-state index is 12.9. The summed E-state index contributed by atoms with van der Waals surface area (Å²) in [7, 11) is 0. The van der Waals surface area contributed by atoms with Crippen molar-refractivity contribution in [2.45, 2.75) is 18.9 Å². The largest absolute Gasteiger partial charge is 0.507 e. The molecule has 0 bridgehead atoms. The molecule has 102 valence electrons. The molecule has 1 atom stereocenters. The molecule has 0 spiro atoms. The monoisotopic (exact) mass is 264 g/mol. The lowest BCUT2D eigenvalue weighted by atomic mass is 10.1. The van der Waals surface area contributed by atoms with E-state index in [4.69, 9.17) is 0 Å². The normalized spacial score (nSPS) is 23.4. The van der Waals surface area contributed by atoms with E-state index in [-0.39, 0.29) is 17.2 Å². The summed E-state index contributed by atoms with van der Waals surface area (Å²) in [4.78, 5) is 16.5. The van der Waals surface area contributed by atoms with Gasteiger partial charge < -0.3 is 10.0 Å². The van der Waals surface area contributed by atoms with Crippen LogP contribution >= 0.6 is 0 Å². The van der Waals surface area contributed by atoms with Crippen LogP contribution in [-0.4, -0.2) is 53.0 Å². The highest BCUT2D eigenvalue weighted by molar-refractivity contribution is 5.96. The second-order valence-corrected chi connectivity index (χ2v) is 5.24. The molecule has 19 heavy (non-hydrogen) atoms. The van der Waals surface area contributed by atoms with Crippen molar-refractivity contribution in [3.63, 3.8) is 0 Å². The van der Waals surface area contributed by atoms with E-state index < -0.39 is 5.82 Å². The number of phenols is 1. The Labute approximate surface area is 111 Å². The lowest BCUT2D eigenvalue weighted by molar-refractivity contribution is 0.0568. The van der Waals surface area contributed by atoms with Gasteiger partial charge in [0.2, 0.25) is 0 Å². The van der Waals surface area contributed by atoms with Crippen molar-refractivity contribution in [1.82, 2.24) is 9.80 Å². The number of halogens is 1. The molecule has 0 aliphatic carbocycles. The van der Waals surface area contributed by atoms with Crippen LogP contribution in [0.3, 0.4) is 0 Å². The molecule has 2 heterocycles. The van der Waals surface area contributed by atoms with E-state index in [1.807, 2.05) is 0 Å². The van der Waals surface area contributed by atoms with Crippen molar-refractivity contribution < 1.29 is 14.3 Å². The molecule has 0 aromatic heterocycles. The second kappa shape index (κ2) is 4.81. The molecule has 1 aromatic rings. The predicted molar refractivity (Wildman–Crippen MR) is 68.6 cm³/mol. The van der Waals surface area contributed by atoms with Gasteiger partial charge in [0.15, 0.2) is 0 Å². The van der Waals surface area contributed by atoms with Gasteiger partial charge in [-0.25, -0.2) is 4.39 Å². The van der Waals surface area contributed by atoms with Crippen LogP contribution in [0, 0.1) is 5.82 Å². The number of phenolic OH excluding ortho intramolecular Hbond substituents is 1. The molecule has 2 aliphatic heterocycles. The molecule has 5 heteroatoms. The number of carbonyl (C=O) groups is 1. The first-order chi connectivity index (χ1) is 9.15. The smallest absolute Gasteiger partial charge is 0.257 e. The molecule has 0 saturated carbocycles. The van der Waals surface area contributed by atoms with Crippen LogP contribution in [0.4, 0.5) is 4.39 Å². The van der Waals surface area contributed by atoms with E-state index in [0.717, 1.165) is 25.6 Å². The summed E-state index contributed by atoms with van der Waals surface area (Å²) in [6.45, 7) is 3.38. The van der Waals surface area contributed by atoms with Gasteiger partial charge in [0, 0.05) is 31.7 Å². The fourth-order valence-electron chi connectivity index (χ4n) is 3.03. The maximum atomic E-state index is 12.9. The van der Waals surface area contributed by atoms with Crippen LogP contribution in [0.25, 0.3) is 0 Å². The molecule has 2 aliphatic rings. The van der Waals surface area contributed by atoms with Crippen molar-refractivity contribution in [2.24, 2.45) is 0 Å². The molecular formula is C14H17FN2O2. The summed E-state index contributed by atoms with van der Waals surface area (Å²) in [6, 6.07) is 3.99. The molecule has 3 rings (SSSR count). The van der Waals surface area contributed by atoms with Crippen molar-refractivity contribution in [3.05, 3.63) is 29.6 Å². The van der Waals surface area contributed by atoms with Gasteiger partial charge >= 0.3 is 0 Å². The number of rotatable bonds is 1. The standard InChI is InChI=1S/C14H17FN2O2/c15-10-3-4-12(13(18)8-10)14(19)17-7-6-16-5-1-2-11(16)9-17/h3-4,8,11,18H,1-2,5-7,9H2. The lowest BCUT2D eigenvalue weighted by Crippen LogP contribution is -2.52. The molecule has 2 saturated heterocycles. The van der Waals surface area contributed by atoms with Crippen LogP contribution in [-0.2, 0) is 0 Å². The lowest BCUT2D eigenvalue weighted by Gasteiger charge is -2.37. The topological polar surface area (TPSA) is 43.8 Å². The Bertz CT molecular complexity index is 506. The zero-order valence-corrected chi connectivity index (χ0v) is 10.7. The predicted octanol–water partition coefficient (Wildman–Crippen LogP) is 1.45. The third kappa shape index (κ3) is 2.30. The van der Waals surface area contributed by atoms with Crippen LogP contribution in [0.2, 0.25) is 0 Å². The zero-order valence-electron chi connectivity index (χ0n) is 10.7. The van der Waals surface area contributed by atoms with Gasteiger partial charge in [0.1, 0.15) is 11.6 Å². The van der Waals surface area contributed by atoms with E-state index in [1.54, 1.807) is 4.90 Å². The number of nitrogens with zero attached hydrogens (tertiary/aromatic N) is 2. The third-order valence-electron chi connectivity index (χ3n) is 4.06. The Kier molecular flexibility index (Phi) is 3.14. The first-order valence-electron chi connectivity index (χ1n) is 6.67. The van der Waals surface area contributed by atoms with E-state index >= 15 is 0 Å². The minimum absolute atomic E-state index is 0.188. The number of carbonyl (C=O) groups excluding carboxylic acids is 1. The summed E-state index contributed by atoms with van der Waals surface area (Å²) in [5, 5.41) is 9.68. The highest BCUT2D eigenvalue weighted by Gasteiger charge is 2.33. The number of piperazine rings is 1. The van der Waals surface area contributed by atoms with Gasteiger partial charge in [-0.1, -0.05) is 0 Å². The van der Waals surface area contributed by atoms with Crippen LogP contribution in [0.1, 0.15) is 23.2 Å². The van der Waals surface area contributed by atoms with Gasteiger partial charge in [-0.15, -0.1) is 0 Å². The van der Waals surface area contributed by atoms with Crippen LogP contribution in [0.5, 0.6) is 5.75 Å². The summed E-state index contributed by atoms with van der Waals surface area (Å²) in [5.74, 6) is -1.02. The number of aromatic hydroxyl groups is 1. The number of amides is 1. The first kappa shape index (κ1) is 12.4. The average molecular weight is 264 g/mol. The second-order valence-electron chi connectivity index (χ2n) is 5.24. The third-order valence-corrected chi connectivity index (χ3v) is 4.06. The number of hydrogen-bond donors (Lipinski definition) is 1. The Morgan fingerprint density at radius 1 is 1.32 bits per heavy atom. The summed E-state index contributed by atoms with van der Waals surface area (Å²) in [5.41, 5.74) is 0.188. The first-order valence-corrected chi connectivity index (χ1v) is 6.67. The zero-order chi connectivity index (χ0) is 13.4. The summed E-state index contributed by atoms with van der Waals surface area (Å²) < 4.78 is 12.9. The van der Waals surface area contributed by atoms with E-state index in [1.165, 1.54) is 18.6 Å². The molecule has 1 amide bonds. The highest BCUT2D eigenvalue weighted by atomic mass is 19.1. The molecule has 2 fully saturated rings. The van der Waals surface area contributed by atoms with E-state index in [0.29, 0.717) is 19.1 Å². The number of benzene rings is 1. The van der Waals surface area contributed by atoms with Gasteiger partial charge in [-0.2, -0.15) is 0 Å². The SMILES string of the molecule is O=C(c1ccc(F)cc1O)N1CCN2CCCC2C1. The fraction of sp³-hybridized carbons (Fsp3) is 0.500.